The average molecular weight is 153 g/mol. The molecule has 0 aliphatic rings. The highest BCUT2D eigenvalue weighted by Crippen LogP contribution is 2.14. The summed E-state index contributed by atoms with van der Waals surface area (Å²) in [6, 6.07) is 1.86. The maximum Gasteiger partial charge on any atom is 0.439 e. The number of thiophene rings is 1. The van der Waals surface area contributed by atoms with Gasteiger partial charge >= 0.3 is 5.76 Å². The van der Waals surface area contributed by atoms with Gasteiger partial charge in [0.25, 0.3) is 0 Å². The Bertz CT molecular complexity index is 403. The molecule has 0 saturated carbocycles. The van der Waals surface area contributed by atoms with Crippen molar-refractivity contribution < 1.29 is 4.42 Å². The fourth-order valence-corrected chi connectivity index (χ4v) is 1.44. The van der Waals surface area contributed by atoms with E-state index in [1.807, 2.05) is 11.4 Å². The van der Waals surface area contributed by atoms with Crippen LogP contribution in [0.1, 0.15) is 0 Å². The third-order valence-corrected chi connectivity index (χ3v) is 1.98. The van der Waals surface area contributed by atoms with E-state index < -0.39 is 5.76 Å². The van der Waals surface area contributed by atoms with E-state index in [1.165, 1.54) is 17.6 Å². The Morgan fingerprint density at radius 3 is 3.40 bits per heavy atom. The molecule has 0 atom stereocenters. The molecule has 0 amide bonds. The Balaban J connectivity index is 2.99. The largest absolute Gasteiger partial charge is 0.439 e. The smallest absolute Gasteiger partial charge is 0.416 e. The molecule has 2 aromatic heterocycles. The Kier molecular flexibility index (Phi) is 1.07. The molecule has 0 aromatic carbocycles. The predicted molar refractivity (Wildman–Crippen MR) is 38.2 cm³/mol. The van der Waals surface area contributed by atoms with Gasteiger partial charge in [0, 0.05) is 5.39 Å². The zero-order valence-electron chi connectivity index (χ0n) is 4.90. The van der Waals surface area contributed by atoms with E-state index in [0.717, 1.165) is 10.2 Å². The highest BCUT2D eigenvalue weighted by molar-refractivity contribution is 7.16. The second-order valence-electron chi connectivity index (χ2n) is 1.79. The molecule has 0 aliphatic carbocycles. The quantitative estimate of drug-likeness (QED) is 0.572. The molecule has 10 heavy (non-hydrogen) atoms. The molecule has 0 N–H and O–H groups in total. The van der Waals surface area contributed by atoms with Crippen molar-refractivity contribution in [2.75, 3.05) is 0 Å². The summed E-state index contributed by atoms with van der Waals surface area (Å²) in [6.45, 7) is 0. The fourth-order valence-electron chi connectivity index (χ4n) is 0.715. The Morgan fingerprint density at radius 2 is 2.50 bits per heavy atom. The summed E-state index contributed by atoms with van der Waals surface area (Å²) in [5.74, 6) is -0.532. The lowest BCUT2D eigenvalue weighted by Gasteiger charge is -1.81. The van der Waals surface area contributed by atoms with Crippen molar-refractivity contribution in [1.82, 2.24) is 4.98 Å². The van der Waals surface area contributed by atoms with Gasteiger partial charge in [-0.3, -0.25) is 0 Å². The molecule has 2 heterocycles. The van der Waals surface area contributed by atoms with Crippen LogP contribution in [0.5, 0.6) is 0 Å². The summed E-state index contributed by atoms with van der Waals surface area (Å²) in [4.78, 5) is 14.9. The van der Waals surface area contributed by atoms with Gasteiger partial charge in [-0.2, -0.15) is 4.98 Å². The van der Waals surface area contributed by atoms with Gasteiger partial charge in [-0.25, -0.2) is 4.79 Å². The van der Waals surface area contributed by atoms with Gasteiger partial charge in [0.05, 0.1) is 0 Å². The van der Waals surface area contributed by atoms with Crippen molar-refractivity contribution in [3.8, 4) is 0 Å². The minimum absolute atomic E-state index is 0.532. The maximum atomic E-state index is 10.5. The zero-order chi connectivity index (χ0) is 6.97. The second-order valence-corrected chi connectivity index (χ2v) is 2.69. The first-order valence-electron chi connectivity index (χ1n) is 2.69. The van der Waals surface area contributed by atoms with Crippen molar-refractivity contribution in [3.05, 3.63) is 28.3 Å². The van der Waals surface area contributed by atoms with E-state index in [9.17, 15) is 4.79 Å². The molecular formula is C6H3NO2S. The Morgan fingerprint density at radius 1 is 1.60 bits per heavy atom. The van der Waals surface area contributed by atoms with Crippen LogP contribution in [0.15, 0.2) is 26.9 Å². The fraction of sp³-hybridized carbons (Fsp3) is 0. The maximum absolute atomic E-state index is 10.5. The van der Waals surface area contributed by atoms with E-state index in [4.69, 9.17) is 0 Å². The van der Waals surface area contributed by atoms with Crippen LogP contribution in [0.2, 0.25) is 0 Å². The molecule has 0 bridgehead atoms. The van der Waals surface area contributed by atoms with Gasteiger partial charge in [-0.1, -0.05) is 0 Å². The first-order chi connectivity index (χ1) is 4.86. The molecule has 2 aromatic rings. The van der Waals surface area contributed by atoms with E-state index in [0.29, 0.717) is 0 Å². The third-order valence-electron chi connectivity index (χ3n) is 1.15. The molecule has 50 valence electrons. The number of rotatable bonds is 0. The molecule has 0 radical (unpaired) electrons. The summed E-state index contributed by atoms with van der Waals surface area (Å²) in [6.07, 6.45) is 1.42. The molecule has 0 fully saturated rings. The standard InChI is InChI=1S/C6H3NO2S/c8-6-7-5-4(3-9-6)1-2-10-5/h1-3H. The van der Waals surface area contributed by atoms with Crippen molar-refractivity contribution in [1.29, 1.82) is 0 Å². The summed E-state index contributed by atoms with van der Waals surface area (Å²) < 4.78 is 4.54. The normalized spacial score (nSPS) is 10.4. The Hall–Kier alpha value is -1.16. The molecule has 0 unspecified atom stereocenters. The van der Waals surface area contributed by atoms with Crippen LogP contribution in [0.3, 0.4) is 0 Å². The van der Waals surface area contributed by atoms with Crippen molar-refractivity contribution >= 4 is 21.6 Å². The van der Waals surface area contributed by atoms with Gasteiger partial charge in [-0.15, -0.1) is 11.3 Å². The van der Waals surface area contributed by atoms with Crippen molar-refractivity contribution in [3.63, 3.8) is 0 Å². The van der Waals surface area contributed by atoms with E-state index in [-0.39, 0.29) is 0 Å². The van der Waals surface area contributed by atoms with Gasteiger partial charge < -0.3 is 4.42 Å². The van der Waals surface area contributed by atoms with Crippen LogP contribution >= 0.6 is 11.3 Å². The predicted octanol–water partition coefficient (Wildman–Crippen LogP) is 1.25. The zero-order valence-corrected chi connectivity index (χ0v) is 5.72. The van der Waals surface area contributed by atoms with Crippen LogP contribution < -0.4 is 5.76 Å². The minimum atomic E-state index is -0.532. The molecule has 0 aliphatic heterocycles. The number of hydrogen-bond donors (Lipinski definition) is 0. The van der Waals surface area contributed by atoms with Crippen LogP contribution in [-0.2, 0) is 0 Å². The number of fused-ring (bicyclic) bond motifs is 1. The van der Waals surface area contributed by atoms with E-state index in [1.54, 1.807) is 0 Å². The first-order valence-corrected chi connectivity index (χ1v) is 3.57. The Labute approximate surface area is 59.9 Å². The molecule has 0 saturated heterocycles. The molecule has 0 spiro atoms. The lowest BCUT2D eigenvalue weighted by atomic mass is 10.4. The minimum Gasteiger partial charge on any atom is -0.416 e. The van der Waals surface area contributed by atoms with Gasteiger partial charge in [-0.05, 0) is 11.4 Å². The van der Waals surface area contributed by atoms with Crippen LogP contribution in [0, 0.1) is 0 Å². The first kappa shape index (κ1) is 5.61. The highest BCUT2D eigenvalue weighted by Gasteiger charge is 1.95. The highest BCUT2D eigenvalue weighted by atomic mass is 32.1. The summed E-state index contributed by atoms with van der Waals surface area (Å²) >= 11 is 1.43. The summed E-state index contributed by atoms with van der Waals surface area (Å²) in [5, 5.41) is 2.75. The van der Waals surface area contributed by atoms with Crippen molar-refractivity contribution in [2.45, 2.75) is 0 Å². The van der Waals surface area contributed by atoms with Gasteiger partial charge in [0.1, 0.15) is 11.1 Å². The molecule has 4 heteroatoms. The number of nitrogens with zero attached hydrogens (tertiary/aromatic N) is 1. The van der Waals surface area contributed by atoms with Crippen LogP contribution in [0.25, 0.3) is 10.2 Å². The molecule has 2 rings (SSSR count). The van der Waals surface area contributed by atoms with E-state index >= 15 is 0 Å². The van der Waals surface area contributed by atoms with Crippen LogP contribution in [0.4, 0.5) is 0 Å². The summed E-state index contributed by atoms with van der Waals surface area (Å²) in [5.41, 5.74) is 0. The number of hydrogen-bond acceptors (Lipinski definition) is 4. The summed E-state index contributed by atoms with van der Waals surface area (Å²) in [7, 11) is 0. The van der Waals surface area contributed by atoms with Gasteiger partial charge in [0.15, 0.2) is 0 Å². The third kappa shape index (κ3) is 0.733. The van der Waals surface area contributed by atoms with Gasteiger partial charge in [0.2, 0.25) is 0 Å². The monoisotopic (exact) mass is 153 g/mol. The average Bonchev–Trinajstić information content (AvgIpc) is 2.33. The number of aromatic nitrogens is 1. The van der Waals surface area contributed by atoms with E-state index in [2.05, 4.69) is 9.40 Å². The molecule has 3 nitrogen and oxygen atoms in total. The second kappa shape index (κ2) is 1.91. The topological polar surface area (TPSA) is 43.1 Å². The van der Waals surface area contributed by atoms with Crippen molar-refractivity contribution in [2.24, 2.45) is 0 Å². The molecular weight excluding hydrogens is 150 g/mol. The SMILES string of the molecule is O=c1nc2sccc2co1. The van der Waals surface area contributed by atoms with Crippen LogP contribution in [-0.4, -0.2) is 4.98 Å². The lowest BCUT2D eigenvalue weighted by Crippen LogP contribution is -2.00. The lowest BCUT2D eigenvalue weighted by molar-refractivity contribution is 0.494.